The second-order valence-corrected chi connectivity index (χ2v) is 6.67. The van der Waals surface area contributed by atoms with Crippen LogP contribution in [0.25, 0.3) is 0 Å². The fourth-order valence-corrected chi connectivity index (χ4v) is 1.20. The summed E-state index contributed by atoms with van der Waals surface area (Å²) in [7, 11) is 0. The molecule has 0 fully saturated rings. The van der Waals surface area contributed by atoms with Gasteiger partial charge in [-0.05, 0) is 22.5 Å². The summed E-state index contributed by atoms with van der Waals surface area (Å²) < 4.78 is 10.4. The Bertz CT molecular complexity index is 126. The summed E-state index contributed by atoms with van der Waals surface area (Å²) in [5, 5.41) is 0. The van der Waals surface area contributed by atoms with E-state index in [0.29, 0.717) is 0 Å². The normalized spacial score (nSPS) is 12.9. The van der Waals surface area contributed by atoms with Crippen molar-refractivity contribution in [3.8, 4) is 0 Å². The topological polar surface area (TPSA) is 17.1 Å². The van der Waals surface area contributed by atoms with Crippen molar-refractivity contribution in [2.75, 3.05) is 6.16 Å². The van der Waals surface area contributed by atoms with Crippen LogP contribution in [0.5, 0.6) is 0 Å². The Hall–Kier alpha value is 0.840. The van der Waals surface area contributed by atoms with Crippen LogP contribution in [0.3, 0.4) is 0 Å². The monoisotopic (exact) mass is 192 g/mol. The van der Waals surface area contributed by atoms with Crippen molar-refractivity contribution in [2.24, 2.45) is 0 Å². The lowest BCUT2D eigenvalue weighted by Gasteiger charge is -1.91. The van der Waals surface area contributed by atoms with Crippen molar-refractivity contribution < 1.29 is 4.57 Å². The van der Waals surface area contributed by atoms with E-state index in [1.807, 2.05) is 0 Å². The lowest BCUT2D eigenvalue weighted by molar-refractivity contribution is 0.594. The van der Waals surface area contributed by atoms with Gasteiger partial charge in [-0.3, -0.25) is 4.57 Å². The molecule has 0 bridgehead atoms. The molecule has 8 heavy (non-hydrogen) atoms. The van der Waals surface area contributed by atoms with Crippen LogP contribution in [0.1, 0.15) is 0 Å². The quantitative estimate of drug-likeness (QED) is 0.614. The number of hydrogen-bond acceptors (Lipinski definition) is 1. The molecule has 0 aromatic heterocycles. The fraction of sp³-hybridized carbons (Fsp3) is 0.333. The third-order valence-corrected chi connectivity index (χ3v) is 2.05. The molecule has 0 aliphatic carbocycles. The number of allylic oxidation sites excluding steroid dienone is 1. The Kier molecular flexibility index (Phi) is 4.19. The molecule has 0 aliphatic rings. The second kappa shape index (κ2) is 3.79. The summed E-state index contributed by atoms with van der Waals surface area (Å²) in [5.41, 5.74) is 1.23. The zero-order valence-electron chi connectivity index (χ0n) is 3.85. The smallest absolute Gasteiger partial charge is 0.256 e. The third kappa shape index (κ3) is 6.84. The Balaban J connectivity index is 3.57. The van der Waals surface area contributed by atoms with Crippen molar-refractivity contribution in [2.45, 2.75) is 0 Å². The molecule has 0 aromatic rings. The van der Waals surface area contributed by atoms with Gasteiger partial charge in [-0.2, -0.15) is 0 Å². The maximum absolute atomic E-state index is 10.4. The molecule has 1 nitrogen and oxygen atoms in total. The van der Waals surface area contributed by atoms with Gasteiger partial charge in [-0.25, -0.2) is 0 Å². The molecule has 0 unspecified atom stereocenters. The van der Waals surface area contributed by atoms with E-state index in [9.17, 15) is 4.57 Å². The minimum Gasteiger partial charge on any atom is -0.289 e. The molecule has 0 spiro atoms. The Morgan fingerprint density at radius 1 is 1.50 bits per heavy atom. The van der Waals surface area contributed by atoms with Gasteiger partial charge in [0.25, 0.3) is 5.85 Å². The van der Waals surface area contributed by atoms with E-state index in [1.54, 1.807) is 0 Å². The highest BCUT2D eigenvalue weighted by Gasteiger charge is 2.08. The van der Waals surface area contributed by atoms with Crippen LogP contribution in [-0.2, 0) is 4.57 Å². The molecule has 0 atom stereocenters. The largest absolute Gasteiger partial charge is 0.289 e. The summed E-state index contributed by atoms with van der Waals surface area (Å²) in [6.07, 6.45) is 1.59. The molecule has 0 N–H and O–H groups in total. The first kappa shape index (κ1) is 8.84. The first-order valence-electron chi connectivity index (χ1n) is 1.80. The van der Waals surface area contributed by atoms with Crippen molar-refractivity contribution in [3.05, 3.63) is 11.6 Å². The van der Waals surface area contributed by atoms with Gasteiger partial charge in [0, 0.05) is 11.7 Å². The maximum Gasteiger partial charge on any atom is 0.256 e. The van der Waals surface area contributed by atoms with E-state index in [4.69, 9.17) is 34.1 Å². The van der Waals surface area contributed by atoms with Crippen molar-refractivity contribution >= 4 is 39.9 Å². The molecule has 0 heterocycles. The summed E-state index contributed by atoms with van der Waals surface area (Å²) >= 11 is 15.3. The molecular formula is C3H4Cl3OP. The SMILES string of the molecule is O=P(Cl)(Cl)C/C=C\Cl. The highest BCUT2D eigenvalue weighted by atomic mass is 35.9. The van der Waals surface area contributed by atoms with Gasteiger partial charge >= 0.3 is 0 Å². The maximum atomic E-state index is 10.4. The lowest BCUT2D eigenvalue weighted by Crippen LogP contribution is -1.65. The average Bonchev–Trinajstić information content (AvgIpc) is 1.59. The number of hydrogen-bond donors (Lipinski definition) is 0. The van der Waals surface area contributed by atoms with Crippen LogP contribution >= 0.6 is 39.9 Å². The van der Waals surface area contributed by atoms with Crippen LogP contribution in [0, 0.1) is 0 Å². The first-order valence-corrected chi connectivity index (χ1v) is 5.94. The molecular weight excluding hydrogens is 189 g/mol. The molecule has 48 valence electrons. The van der Waals surface area contributed by atoms with Crippen LogP contribution in [0.4, 0.5) is 0 Å². The Morgan fingerprint density at radius 3 is 2.12 bits per heavy atom. The van der Waals surface area contributed by atoms with Gasteiger partial charge in [0.05, 0.1) is 0 Å². The van der Waals surface area contributed by atoms with Gasteiger partial charge in [0.15, 0.2) is 0 Å². The van der Waals surface area contributed by atoms with Crippen LogP contribution in [0.15, 0.2) is 11.6 Å². The van der Waals surface area contributed by atoms with E-state index in [2.05, 4.69) is 0 Å². The molecule has 0 aromatic carbocycles. The summed E-state index contributed by atoms with van der Waals surface area (Å²) in [5.74, 6) is -2.91. The highest BCUT2D eigenvalue weighted by molar-refractivity contribution is 8.08. The van der Waals surface area contributed by atoms with E-state index < -0.39 is 5.85 Å². The molecule has 0 saturated heterocycles. The molecule has 5 heteroatoms. The molecule has 0 saturated carbocycles. The van der Waals surface area contributed by atoms with Crippen LogP contribution in [0.2, 0.25) is 0 Å². The third-order valence-electron chi connectivity index (χ3n) is 0.407. The lowest BCUT2D eigenvalue weighted by atomic mass is 10.8. The fourth-order valence-electron chi connectivity index (χ4n) is 0.163. The van der Waals surface area contributed by atoms with E-state index in [1.165, 1.54) is 11.6 Å². The second-order valence-electron chi connectivity index (χ2n) is 1.11. The van der Waals surface area contributed by atoms with Gasteiger partial charge in [0.1, 0.15) is 0 Å². The van der Waals surface area contributed by atoms with Gasteiger partial charge in [-0.1, -0.05) is 17.7 Å². The minimum atomic E-state index is -2.91. The Labute approximate surface area is 62.6 Å². The van der Waals surface area contributed by atoms with E-state index >= 15 is 0 Å². The summed E-state index contributed by atoms with van der Waals surface area (Å²) in [6, 6.07) is 0. The van der Waals surface area contributed by atoms with Gasteiger partial charge < -0.3 is 0 Å². The van der Waals surface area contributed by atoms with Crippen molar-refractivity contribution in [3.63, 3.8) is 0 Å². The average molecular weight is 193 g/mol. The summed E-state index contributed by atoms with van der Waals surface area (Å²) in [4.78, 5) is 0. The summed E-state index contributed by atoms with van der Waals surface area (Å²) in [6.45, 7) is 0. The number of rotatable bonds is 2. The Morgan fingerprint density at radius 2 is 2.00 bits per heavy atom. The molecule has 0 radical (unpaired) electrons. The van der Waals surface area contributed by atoms with Crippen molar-refractivity contribution in [1.29, 1.82) is 0 Å². The first-order chi connectivity index (χ1) is 3.56. The van der Waals surface area contributed by atoms with E-state index in [-0.39, 0.29) is 6.16 Å². The van der Waals surface area contributed by atoms with Crippen LogP contribution < -0.4 is 0 Å². The zero-order chi connectivity index (χ0) is 6.62. The predicted octanol–water partition coefficient (Wildman–Crippen LogP) is 3.41. The van der Waals surface area contributed by atoms with Crippen LogP contribution in [-0.4, -0.2) is 6.16 Å². The highest BCUT2D eigenvalue weighted by Crippen LogP contribution is 2.56. The minimum absolute atomic E-state index is 0.139. The van der Waals surface area contributed by atoms with E-state index in [0.717, 1.165) is 0 Å². The molecule has 0 aliphatic heterocycles. The zero-order valence-corrected chi connectivity index (χ0v) is 7.01. The number of halogens is 3. The van der Waals surface area contributed by atoms with Gasteiger partial charge in [0.2, 0.25) is 0 Å². The standard InChI is InChI=1S/C3H4Cl3OP/c4-2-1-3-8(5,6)7/h1-2H,3H2/b2-1-. The van der Waals surface area contributed by atoms with Crippen molar-refractivity contribution in [1.82, 2.24) is 0 Å². The molecule has 0 rings (SSSR count). The predicted molar refractivity (Wildman–Crippen MR) is 39.2 cm³/mol. The molecule has 0 amide bonds. The van der Waals surface area contributed by atoms with Gasteiger partial charge in [-0.15, -0.1) is 0 Å².